The summed E-state index contributed by atoms with van der Waals surface area (Å²) in [7, 11) is -3.03. The van der Waals surface area contributed by atoms with E-state index in [9.17, 15) is 8.42 Å². The van der Waals surface area contributed by atoms with E-state index in [1.807, 2.05) is 6.92 Å². The fourth-order valence-electron chi connectivity index (χ4n) is 2.44. The number of rotatable bonds is 8. The molecule has 0 unspecified atom stereocenters. The number of piperidine rings is 1. The predicted molar refractivity (Wildman–Crippen MR) is 76.2 cm³/mol. The second-order valence-electron chi connectivity index (χ2n) is 5.14. The quantitative estimate of drug-likeness (QED) is 0.736. The molecular weight excluding hydrogens is 248 g/mol. The topological polar surface area (TPSA) is 49.4 Å². The third kappa shape index (κ3) is 5.24. The molecule has 0 aromatic rings. The van der Waals surface area contributed by atoms with Crippen LogP contribution < -0.4 is 5.32 Å². The first-order valence-electron chi connectivity index (χ1n) is 7.28. The van der Waals surface area contributed by atoms with Crippen molar-refractivity contribution in [3.8, 4) is 0 Å². The summed E-state index contributed by atoms with van der Waals surface area (Å²) < 4.78 is 26.1. The summed E-state index contributed by atoms with van der Waals surface area (Å²) >= 11 is 0. The van der Waals surface area contributed by atoms with Gasteiger partial charge < -0.3 is 5.32 Å². The largest absolute Gasteiger partial charge is 0.317 e. The van der Waals surface area contributed by atoms with Crippen LogP contribution in [0.15, 0.2) is 0 Å². The van der Waals surface area contributed by atoms with Crippen molar-refractivity contribution in [3.05, 3.63) is 0 Å². The Labute approximate surface area is 112 Å². The zero-order chi connectivity index (χ0) is 13.4. The average molecular weight is 276 g/mol. The normalized spacial score (nSPS) is 18.4. The van der Waals surface area contributed by atoms with Crippen molar-refractivity contribution in [2.75, 3.05) is 31.9 Å². The van der Waals surface area contributed by atoms with E-state index in [4.69, 9.17) is 0 Å². The summed E-state index contributed by atoms with van der Waals surface area (Å²) in [5, 5.41) is 3.31. The highest BCUT2D eigenvalue weighted by Crippen LogP contribution is 2.18. The molecule has 4 nitrogen and oxygen atoms in total. The maximum absolute atomic E-state index is 12.2. The lowest BCUT2D eigenvalue weighted by Crippen LogP contribution is -2.35. The van der Waals surface area contributed by atoms with Crippen LogP contribution in [-0.4, -0.2) is 44.7 Å². The first kappa shape index (κ1) is 15.9. The van der Waals surface area contributed by atoms with Gasteiger partial charge in [0, 0.05) is 13.1 Å². The summed E-state index contributed by atoms with van der Waals surface area (Å²) in [6.45, 7) is 7.39. The number of sulfonamides is 1. The Balaban J connectivity index is 2.40. The molecule has 0 aromatic heterocycles. The zero-order valence-electron chi connectivity index (χ0n) is 11.8. The van der Waals surface area contributed by atoms with Crippen LogP contribution in [0.25, 0.3) is 0 Å². The van der Waals surface area contributed by atoms with Gasteiger partial charge in [-0.2, -0.15) is 0 Å². The molecule has 5 heteroatoms. The Bertz CT molecular complexity index is 311. The molecule has 1 heterocycles. The van der Waals surface area contributed by atoms with Crippen molar-refractivity contribution in [1.82, 2.24) is 9.62 Å². The molecule has 1 N–H and O–H groups in total. The minimum absolute atomic E-state index is 0.329. The minimum atomic E-state index is -3.03. The zero-order valence-corrected chi connectivity index (χ0v) is 12.6. The lowest BCUT2D eigenvalue weighted by Gasteiger charge is -2.25. The molecule has 1 saturated heterocycles. The van der Waals surface area contributed by atoms with Gasteiger partial charge in [0.25, 0.3) is 0 Å². The van der Waals surface area contributed by atoms with E-state index in [-0.39, 0.29) is 0 Å². The Hall–Kier alpha value is -0.130. The highest BCUT2D eigenvalue weighted by Gasteiger charge is 2.22. The van der Waals surface area contributed by atoms with E-state index >= 15 is 0 Å². The Morgan fingerprint density at radius 1 is 1.22 bits per heavy atom. The van der Waals surface area contributed by atoms with Gasteiger partial charge in [0.2, 0.25) is 10.0 Å². The van der Waals surface area contributed by atoms with Crippen LogP contribution in [0.1, 0.15) is 46.0 Å². The molecule has 108 valence electrons. The van der Waals surface area contributed by atoms with E-state index in [1.54, 1.807) is 4.31 Å². The SMILES string of the molecule is CCCCN(CC)S(=O)(=O)CCC1CCNCC1. The van der Waals surface area contributed by atoms with E-state index in [1.165, 1.54) is 0 Å². The van der Waals surface area contributed by atoms with E-state index in [2.05, 4.69) is 12.2 Å². The minimum Gasteiger partial charge on any atom is -0.317 e. The fraction of sp³-hybridized carbons (Fsp3) is 1.00. The van der Waals surface area contributed by atoms with Crippen molar-refractivity contribution >= 4 is 10.0 Å². The molecule has 1 aliphatic heterocycles. The molecule has 18 heavy (non-hydrogen) atoms. The van der Waals surface area contributed by atoms with Gasteiger partial charge in [-0.1, -0.05) is 20.3 Å². The van der Waals surface area contributed by atoms with Crippen LogP contribution in [-0.2, 0) is 10.0 Å². The Morgan fingerprint density at radius 2 is 1.89 bits per heavy atom. The number of unbranched alkanes of at least 4 members (excludes halogenated alkanes) is 1. The van der Waals surface area contributed by atoms with Crippen LogP contribution in [0.3, 0.4) is 0 Å². The molecule has 0 saturated carbocycles. The Kier molecular flexibility index (Phi) is 7.19. The summed E-state index contributed by atoms with van der Waals surface area (Å²) in [5.41, 5.74) is 0. The number of hydrogen-bond acceptors (Lipinski definition) is 3. The molecule has 1 fully saturated rings. The standard InChI is InChI=1S/C13H28N2O2S/c1-3-5-11-15(4-2)18(16,17)12-8-13-6-9-14-10-7-13/h13-14H,3-12H2,1-2H3. The number of nitrogens with zero attached hydrogens (tertiary/aromatic N) is 1. The van der Waals surface area contributed by atoms with Crippen molar-refractivity contribution in [3.63, 3.8) is 0 Å². The van der Waals surface area contributed by atoms with Crippen LogP contribution in [0, 0.1) is 5.92 Å². The summed E-state index contributed by atoms with van der Waals surface area (Å²) in [4.78, 5) is 0. The van der Waals surface area contributed by atoms with E-state index in [0.717, 1.165) is 45.2 Å². The van der Waals surface area contributed by atoms with Gasteiger partial charge in [-0.05, 0) is 44.7 Å². The van der Waals surface area contributed by atoms with Crippen LogP contribution in [0.5, 0.6) is 0 Å². The molecule has 0 atom stereocenters. The van der Waals surface area contributed by atoms with Crippen molar-refractivity contribution < 1.29 is 8.42 Å². The van der Waals surface area contributed by atoms with Gasteiger partial charge in [-0.15, -0.1) is 0 Å². The third-order valence-electron chi connectivity index (χ3n) is 3.75. The van der Waals surface area contributed by atoms with E-state index < -0.39 is 10.0 Å². The highest BCUT2D eigenvalue weighted by atomic mass is 32.2. The first-order valence-corrected chi connectivity index (χ1v) is 8.89. The molecule has 0 radical (unpaired) electrons. The van der Waals surface area contributed by atoms with Crippen molar-refractivity contribution in [1.29, 1.82) is 0 Å². The van der Waals surface area contributed by atoms with Gasteiger partial charge in [0.15, 0.2) is 0 Å². The van der Waals surface area contributed by atoms with Crippen molar-refractivity contribution in [2.24, 2.45) is 5.92 Å². The lowest BCUT2D eigenvalue weighted by molar-refractivity contribution is 0.359. The first-order chi connectivity index (χ1) is 8.60. The van der Waals surface area contributed by atoms with Gasteiger partial charge in [0.1, 0.15) is 0 Å². The third-order valence-corrected chi connectivity index (χ3v) is 5.73. The molecule has 0 aliphatic carbocycles. The van der Waals surface area contributed by atoms with Crippen LogP contribution in [0.2, 0.25) is 0 Å². The lowest BCUT2D eigenvalue weighted by atomic mass is 9.96. The summed E-state index contributed by atoms with van der Waals surface area (Å²) in [6.07, 6.45) is 5.07. The summed E-state index contributed by atoms with van der Waals surface area (Å²) in [5.74, 6) is 0.917. The monoisotopic (exact) mass is 276 g/mol. The molecule has 1 aliphatic rings. The fourth-order valence-corrected chi connectivity index (χ4v) is 4.13. The molecule has 0 aromatic carbocycles. The van der Waals surface area contributed by atoms with Crippen molar-refractivity contribution in [2.45, 2.75) is 46.0 Å². The van der Waals surface area contributed by atoms with Crippen LogP contribution >= 0.6 is 0 Å². The van der Waals surface area contributed by atoms with Gasteiger partial charge in [-0.25, -0.2) is 12.7 Å². The smallest absolute Gasteiger partial charge is 0.214 e. The molecule has 0 amide bonds. The van der Waals surface area contributed by atoms with E-state index in [0.29, 0.717) is 24.8 Å². The average Bonchev–Trinajstić information content (AvgIpc) is 2.38. The van der Waals surface area contributed by atoms with Crippen LogP contribution in [0.4, 0.5) is 0 Å². The number of hydrogen-bond donors (Lipinski definition) is 1. The molecule has 1 rings (SSSR count). The van der Waals surface area contributed by atoms with Gasteiger partial charge in [0.05, 0.1) is 5.75 Å². The maximum atomic E-state index is 12.2. The molecular formula is C13H28N2O2S. The van der Waals surface area contributed by atoms with Gasteiger partial charge in [-0.3, -0.25) is 0 Å². The molecule has 0 spiro atoms. The maximum Gasteiger partial charge on any atom is 0.214 e. The molecule has 0 bridgehead atoms. The summed E-state index contributed by atoms with van der Waals surface area (Å²) in [6, 6.07) is 0. The predicted octanol–water partition coefficient (Wildman–Crippen LogP) is 1.83. The van der Waals surface area contributed by atoms with Gasteiger partial charge >= 0.3 is 0 Å². The second kappa shape index (κ2) is 8.12. The highest BCUT2D eigenvalue weighted by molar-refractivity contribution is 7.89. The second-order valence-corrected chi connectivity index (χ2v) is 7.23. The Morgan fingerprint density at radius 3 is 2.44 bits per heavy atom. The number of nitrogens with one attached hydrogen (secondary N) is 1.